The number of hydrogen-bond acceptors (Lipinski definition) is 3. The van der Waals surface area contributed by atoms with Crippen LogP contribution >= 0.6 is 0 Å². The van der Waals surface area contributed by atoms with Crippen molar-refractivity contribution >= 4 is 11.9 Å². The van der Waals surface area contributed by atoms with Gasteiger partial charge in [-0.15, -0.1) is 0 Å². The number of piperidine rings is 1. The highest BCUT2D eigenvalue weighted by molar-refractivity contribution is 5.78. The number of nitrogens with zero attached hydrogens (tertiary/aromatic N) is 1. The van der Waals surface area contributed by atoms with Crippen molar-refractivity contribution < 1.29 is 14.7 Å². The molecule has 104 valence electrons. The highest BCUT2D eigenvalue weighted by Crippen LogP contribution is 2.22. The number of hydrogen-bond donors (Lipinski definition) is 2. The Hall–Kier alpha value is -1.10. The second-order valence-corrected chi connectivity index (χ2v) is 6.19. The standard InChI is InChI=1S/C13H24N2O3/c1-13(2,3)10(14)7-11(16)15-6-4-5-9(8-15)12(17)18/h9-10H,4-8,14H2,1-3H3,(H,17,18). The molecule has 18 heavy (non-hydrogen) atoms. The summed E-state index contributed by atoms with van der Waals surface area (Å²) in [6.45, 7) is 6.98. The van der Waals surface area contributed by atoms with E-state index in [-0.39, 0.29) is 23.8 Å². The minimum atomic E-state index is -0.812. The predicted octanol–water partition coefficient (Wildman–Crippen LogP) is 1.07. The van der Waals surface area contributed by atoms with E-state index in [1.54, 1.807) is 4.90 Å². The second kappa shape index (κ2) is 5.69. The molecule has 0 bridgehead atoms. The molecule has 1 fully saturated rings. The molecule has 1 rings (SSSR count). The SMILES string of the molecule is CC(C)(C)C(N)CC(=O)N1CCCC(C(=O)O)C1. The Balaban J connectivity index is 2.54. The van der Waals surface area contributed by atoms with Crippen LogP contribution in [0.4, 0.5) is 0 Å². The fraction of sp³-hybridized carbons (Fsp3) is 0.846. The Morgan fingerprint density at radius 1 is 1.44 bits per heavy atom. The molecule has 0 radical (unpaired) electrons. The Morgan fingerprint density at radius 3 is 2.56 bits per heavy atom. The first kappa shape index (κ1) is 15.0. The van der Waals surface area contributed by atoms with Crippen molar-refractivity contribution in [3.8, 4) is 0 Å². The van der Waals surface area contributed by atoms with E-state index < -0.39 is 11.9 Å². The fourth-order valence-corrected chi connectivity index (χ4v) is 2.03. The van der Waals surface area contributed by atoms with Gasteiger partial charge in [0.15, 0.2) is 0 Å². The van der Waals surface area contributed by atoms with Crippen molar-refractivity contribution in [1.29, 1.82) is 0 Å². The Morgan fingerprint density at radius 2 is 2.06 bits per heavy atom. The van der Waals surface area contributed by atoms with E-state index >= 15 is 0 Å². The first-order valence-electron chi connectivity index (χ1n) is 6.48. The summed E-state index contributed by atoms with van der Waals surface area (Å²) >= 11 is 0. The number of aliphatic carboxylic acids is 1. The zero-order valence-corrected chi connectivity index (χ0v) is 11.5. The summed E-state index contributed by atoms with van der Waals surface area (Å²) in [6.07, 6.45) is 1.70. The van der Waals surface area contributed by atoms with Gasteiger partial charge in [-0.1, -0.05) is 20.8 Å². The molecule has 2 unspecified atom stereocenters. The van der Waals surface area contributed by atoms with Gasteiger partial charge in [0.2, 0.25) is 5.91 Å². The lowest BCUT2D eigenvalue weighted by Crippen LogP contribution is -2.46. The van der Waals surface area contributed by atoms with Gasteiger partial charge >= 0.3 is 5.97 Å². The maximum absolute atomic E-state index is 12.1. The molecular weight excluding hydrogens is 232 g/mol. The molecule has 1 heterocycles. The van der Waals surface area contributed by atoms with Gasteiger partial charge in [-0.2, -0.15) is 0 Å². The first-order valence-corrected chi connectivity index (χ1v) is 6.48. The number of carboxylic acids is 1. The summed E-state index contributed by atoms with van der Waals surface area (Å²) in [7, 11) is 0. The van der Waals surface area contributed by atoms with E-state index in [0.717, 1.165) is 6.42 Å². The molecule has 1 amide bonds. The van der Waals surface area contributed by atoms with Crippen LogP contribution in [0, 0.1) is 11.3 Å². The van der Waals surface area contributed by atoms with Gasteiger partial charge in [-0.25, -0.2) is 0 Å². The van der Waals surface area contributed by atoms with Crippen LogP contribution in [0.2, 0.25) is 0 Å². The monoisotopic (exact) mass is 256 g/mol. The highest BCUT2D eigenvalue weighted by atomic mass is 16.4. The largest absolute Gasteiger partial charge is 0.481 e. The average Bonchev–Trinajstić information content (AvgIpc) is 2.27. The second-order valence-electron chi connectivity index (χ2n) is 6.19. The molecule has 1 saturated heterocycles. The molecule has 2 atom stereocenters. The number of rotatable bonds is 3. The normalized spacial score (nSPS) is 22.7. The summed E-state index contributed by atoms with van der Waals surface area (Å²) < 4.78 is 0. The van der Waals surface area contributed by atoms with Gasteiger partial charge in [-0.3, -0.25) is 9.59 Å². The van der Waals surface area contributed by atoms with Crippen LogP contribution in [0.15, 0.2) is 0 Å². The molecule has 0 aromatic rings. The number of amides is 1. The highest BCUT2D eigenvalue weighted by Gasteiger charge is 2.30. The molecular formula is C13H24N2O3. The van der Waals surface area contributed by atoms with Crippen molar-refractivity contribution in [3.63, 3.8) is 0 Å². The Labute approximate surface area is 108 Å². The summed E-state index contributed by atoms with van der Waals surface area (Å²) in [5.74, 6) is -1.26. The predicted molar refractivity (Wildman–Crippen MR) is 69.0 cm³/mol. The van der Waals surface area contributed by atoms with E-state index in [1.807, 2.05) is 20.8 Å². The zero-order chi connectivity index (χ0) is 13.9. The lowest BCUT2D eigenvalue weighted by molar-refractivity contribution is -0.145. The molecule has 0 aromatic carbocycles. The maximum atomic E-state index is 12.1. The quantitative estimate of drug-likeness (QED) is 0.791. The van der Waals surface area contributed by atoms with Gasteiger partial charge in [-0.05, 0) is 18.3 Å². The smallest absolute Gasteiger partial charge is 0.308 e. The Bertz CT molecular complexity index is 323. The van der Waals surface area contributed by atoms with E-state index in [0.29, 0.717) is 19.5 Å². The number of carbonyl (C=O) groups excluding carboxylic acids is 1. The van der Waals surface area contributed by atoms with Crippen molar-refractivity contribution in [2.45, 2.75) is 46.1 Å². The van der Waals surface area contributed by atoms with Crippen LogP contribution in [0.5, 0.6) is 0 Å². The molecule has 5 nitrogen and oxygen atoms in total. The van der Waals surface area contributed by atoms with Gasteiger partial charge in [0.25, 0.3) is 0 Å². The number of likely N-dealkylation sites (tertiary alicyclic amines) is 1. The summed E-state index contributed by atoms with van der Waals surface area (Å²) in [5.41, 5.74) is 5.88. The first-order chi connectivity index (χ1) is 8.21. The number of carbonyl (C=O) groups is 2. The van der Waals surface area contributed by atoms with Crippen LogP contribution in [0.1, 0.15) is 40.0 Å². The number of carboxylic acid groups (broad SMARTS) is 1. The molecule has 5 heteroatoms. The molecule has 0 aliphatic carbocycles. The van der Waals surface area contributed by atoms with E-state index in [4.69, 9.17) is 10.8 Å². The lowest BCUT2D eigenvalue weighted by Gasteiger charge is -2.33. The third-order valence-corrected chi connectivity index (χ3v) is 3.63. The average molecular weight is 256 g/mol. The zero-order valence-electron chi connectivity index (χ0n) is 11.5. The van der Waals surface area contributed by atoms with Crippen molar-refractivity contribution in [2.75, 3.05) is 13.1 Å². The topological polar surface area (TPSA) is 83.6 Å². The fourth-order valence-electron chi connectivity index (χ4n) is 2.03. The van der Waals surface area contributed by atoms with Crippen LogP contribution in [-0.2, 0) is 9.59 Å². The number of nitrogens with two attached hydrogens (primary N) is 1. The van der Waals surface area contributed by atoms with Gasteiger partial charge in [0.1, 0.15) is 0 Å². The van der Waals surface area contributed by atoms with Crippen molar-refractivity contribution in [1.82, 2.24) is 4.90 Å². The van der Waals surface area contributed by atoms with Crippen LogP contribution in [-0.4, -0.2) is 41.0 Å². The van der Waals surface area contributed by atoms with E-state index in [1.165, 1.54) is 0 Å². The molecule has 1 aliphatic heterocycles. The van der Waals surface area contributed by atoms with Crippen LogP contribution < -0.4 is 5.73 Å². The molecule has 0 spiro atoms. The molecule has 3 N–H and O–H groups in total. The Kier molecular flexibility index (Phi) is 4.73. The van der Waals surface area contributed by atoms with Crippen LogP contribution in [0.25, 0.3) is 0 Å². The summed E-state index contributed by atoms with van der Waals surface area (Å²) in [4.78, 5) is 24.7. The third-order valence-electron chi connectivity index (χ3n) is 3.63. The van der Waals surface area contributed by atoms with Gasteiger partial charge in [0.05, 0.1) is 5.92 Å². The van der Waals surface area contributed by atoms with E-state index in [9.17, 15) is 9.59 Å². The van der Waals surface area contributed by atoms with Crippen molar-refractivity contribution in [3.05, 3.63) is 0 Å². The van der Waals surface area contributed by atoms with E-state index in [2.05, 4.69) is 0 Å². The van der Waals surface area contributed by atoms with Gasteiger partial charge in [0, 0.05) is 25.6 Å². The maximum Gasteiger partial charge on any atom is 0.308 e. The van der Waals surface area contributed by atoms with Crippen LogP contribution in [0.3, 0.4) is 0 Å². The molecule has 0 saturated carbocycles. The minimum absolute atomic E-state index is 0.0247. The van der Waals surface area contributed by atoms with Gasteiger partial charge < -0.3 is 15.7 Å². The third kappa shape index (κ3) is 3.98. The molecule has 0 aromatic heterocycles. The molecule has 1 aliphatic rings. The summed E-state index contributed by atoms with van der Waals surface area (Å²) in [6, 6.07) is -0.199. The van der Waals surface area contributed by atoms with Crippen molar-refractivity contribution in [2.24, 2.45) is 17.1 Å². The lowest BCUT2D eigenvalue weighted by atomic mass is 9.85. The summed E-state index contributed by atoms with van der Waals surface area (Å²) in [5, 5.41) is 8.99. The minimum Gasteiger partial charge on any atom is -0.481 e.